The summed E-state index contributed by atoms with van der Waals surface area (Å²) in [5.74, 6) is 0.636. The Bertz CT molecular complexity index is 695. The molecule has 3 rings (SSSR count). The van der Waals surface area contributed by atoms with Gasteiger partial charge in [0.2, 0.25) is 5.95 Å². The first-order chi connectivity index (χ1) is 12.0. The van der Waals surface area contributed by atoms with Gasteiger partial charge in [0.05, 0.1) is 0 Å². The van der Waals surface area contributed by atoms with Gasteiger partial charge in [-0.2, -0.15) is 0 Å². The van der Waals surface area contributed by atoms with Gasteiger partial charge in [-0.3, -0.25) is 0 Å². The Morgan fingerprint density at radius 2 is 1.84 bits per heavy atom. The zero-order valence-corrected chi connectivity index (χ0v) is 15.2. The van der Waals surface area contributed by atoms with Crippen molar-refractivity contribution in [3.05, 3.63) is 53.1 Å². The predicted molar refractivity (Wildman–Crippen MR) is 98.1 cm³/mol. The summed E-state index contributed by atoms with van der Waals surface area (Å²) in [7, 11) is 2.13. The summed E-state index contributed by atoms with van der Waals surface area (Å²) in [4.78, 5) is 13.5. The molecule has 5 nitrogen and oxygen atoms in total. The molecule has 6 heteroatoms. The van der Waals surface area contributed by atoms with Crippen LogP contribution >= 0.6 is 0 Å². The molecule has 0 bridgehead atoms. The smallest absolute Gasteiger partial charge is 0.225 e. The maximum atomic E-state index is 13.7. The molecule has 2 aromatic rings. The molecule has 1 atom stereocenters. The Morgan fingerprint density at radius 3 is 2.48 bits per heavy atom. The van der Waals surface area contributed by atoms with Crippen LogP contribution in [0.2, 0.25) is 0 Å². The minimum atomic E-state index is -0.161. The van der Waals surface area contributed by atoms with Crippen LogP contribution in [0.15, 0.2) is 30.6 Å². The molecule has 0 amide bonds. The molecular weight excluding hydrogens is 317 g/mol. The number of piperazine rings is 1. The number of aromatic nitrogens is 2. The molecule has 0 radical (unpaired) electrons. The molecule has 25 heavy (non-hydrogen) atoms. The van der Waals surface area contributed by atoms with Gasteiger partial charge in [-0.15, -0.1) is 0 Å². The van der Waals surface area contributed by atoms with Crippen molar-refractivity contribution in [3.8, 4) is 0 Å². The van der Waals surface area contributed by atoms with Gasteiger partial charge in [-0.1, -0.05) is 12.1 Å². The largest absolute Gasteiger partial charge is 0.338 e. The highest BCUT2D eigenvalue weighted by molar-refractivity contribution is 5.31. The van der Waals surface area contributed by atoms with E-state index >= 15 is 0 Å². The van der Waals surface area contributed by atoms with Crippen LogP contribution in [0.3, 0.4) is 0 Å². The molecule has 1 aliphatic rings. The van der Waals surface area contributed by atoms with Crippen LogP contribution < -0.4 is 10.2 Å². The molecule has 2 heterocycles. The Labute approximate surface area is 148 Å². The third kappa shape index (κ3) is 4.52. The van der Waals surface area contributed by atoms with Gasteiger partial charge in [0, 0.05) is 56.7 Å². The van der Waals surface area contributed by atoms with E-state index in [9.17, 15) is 4.39 Å². The molecule has 0 spiro atoms. The van der Waals surface area contributed by atoms with Crippen LogP contribution in [-0.4, -0.2) is 48.1 Å². The van der Waals surface area contributed by atoms with Crippen molar-refractivity contribution in [2.24, 2.45) is 0 Å². The zero-order valence-electron chi connectivity index (χ0n) is 15.2. The maximum Gasteiger partial charge on any atom is 0.225 e. The molecular formula is C19H26FN5. The minimum absolute atomic E-state index is 0.0624. The third-order valence-corrected chi connectivity index (χ3v) is 4.79. The van der Waals surface area contributed by atoms with E-state index in [4.69, 9.17) is 0 Å². The first kappa shape index (κ1) is 17.8. The lowest BCUT2D eigenvalue weighted by molar-refractivity contribution is 0.311. The first-order valence-electron chi connectivity index (χ1n) is 8.77. The minimum Gasteiger partial charge on any atom is -0.338 e. The summed E-state index contributed by atoms with van der Waals surface area (Å²) in [6, 6.07) is 5.44. The van der Waals surface area contributed by atoms with Gasteiger partial charge in [-0.25, -0.2) is 14.4 Å². The van der Waals surface area contributed by atoms with Gasteiger partial charge >= 0.3 is 0 Å². The molecule has 134 valence electrons. The van der Waals surface area contributed by atoms with Crippen molar-refractivity contribution >= 4 is 5.95 Å². The number of benzene rings is 1. The zero-order chi connectivity index (χ0) is 17.8. The first-order valence-corrected chi connectivity index (χ1v) is 8.77. The van der Waals surface area contributed by atoms with E-state index < -0.39 is 0 Å². The molecule has 0 saturated carbocycles. The number of anilines is 1. The summed E-state index contributed by atoms with van der Waals surface area (Å²) < 4.78 is 13.7. The van der Waals surface area contributed by atoms with Gasteiger partial charge in [0.25, 0.3) is 0 Å². The third-order valence-electron chi connectivity index (χ3n) is 4.79. The Hall–Kier alpha value is -2.05. The van der Waals surface area contributed by atoms with E-state index in [-0.39, 0.29) is 11.9 Å². The SMILES string of the molecule is Cc1ccc([C@@H](C)NCc2cnc(N3CCN(C)CC3)nc2)cc1F. The summed E-state index contributed by atoms with van der Waals surface area (Å²) in [5, 5.41) is 3.40. The van der Waals surface area contributed by atoms with Crippen LogP contribution in [0.1, 0.15) is 29.7 Å². The van der Waals surface area contributed by atoms with Crippen LogP contribution in [-0.2, 0) is 6.54 Å². The second-order valence-corrected chi connectivity index (χ2v) is 6.79. The Balaban J connectivity index is 1.55. The van der Waals surface area contributed by atoms with Crippen LogP contribution in [0.25, 0.3) is 0 Å². The van der Waals surface area contributed by atoms with Gasteiger partial charge in [0.15, 0.2) is 0 Å². The number of halogens is 1. The summed E-state index contributed by atoms with van der Waals surface area (Å²) in [6.45, 7) is 8.46. The molecule has 0 aliphatic carbocycles. The molecule has 1 N–H and O–H groups in total. The number of nitrogens with zero attached hydrogens (tertiary/aromatic N) is 4. The van der Waals surface area contributed by atoms with E-state index in [0.717, 1.165) is 43.3 Å². The Morgan fingerprint density at radius 1 is 1.16 bits per heavy atom. The van der Waals surface area contributed by atoms with Gasteiger partial charge in [0.1, 0.15) is 5.82 Å². The molecule has 1 aromatic heterocycles. The fourth-order valence-corrected chi connectivity index (χ4v) is 2.88. The van der Waals surface area contributed by atoms with E-state index in [1.807, 2.05) is 31.5 Å². The fourth-order valence-electron chi connectivity index (χ4n) is 2.88. The van der Waals surface area contributed by atoms with Crippen molar-refractivity contribution in [2.75, 3.05) is 38.1 Å². The van der Waals surface area contributed by atoms with Crippen LogP contribution in [0, 0.1) is 12.7 Å². The topological polar surface area (TPSA) is 44.3 Å². The van der Waals surface area contributed by atoms with E-state index in [2.05, 4.69) is 32.1 Å². The standard InChI is InChI=1S/C19H26FN5/c1-14-4-5-17(10-18(14)20)15(2)21-11-16-12-22-19(23-13-16)25-8-6-24(3)7-9-25/h4-5,10,12-13,15,21H,6-9,11H2,1-3H3/t15-/m1/s1. The van der Waals surface area contributed by atoms with Crippen molar-refractivity contribution in [3.63, 3.8) is 0 Å². The van der Waals surface area contributed by atoms with Gasteiger partial charge < -0.3 is 15.1 Å². The fraction of sp³-hybridized carbons (Fsp3) is 0.474. The molecule has 1 aliphatic heterocycles. The number of rotatable bonds is 5. The van der Waals surface area contributed by atoms with Crippen molar-refractivity contribution in [2.45, 2.75) is 26.4 Å². The summed E-state index contributed by atoms with van der Waals surface area (Å²) in [5.41, 5.74) is 2.64. The number of aryl methyl sites for hydroxylation is 1. The Kier molecular flexibility index (Phi) is 5.60. The number of hydrogen-bond donors (Lipinski definition) is 1. The second-order valence-electron chi connectivity index (χ2n) is 6.79. The van der Waals surface area contributed by atoms with Crippen LogP contribution in [0.5, 0.6) is 0 Å². The van der Waals surface area contributed by atoms with Gasteiger partial charge in [-0.05, 0) is 38.1 Å². The average Bonchev–Trinajstić information content (AvgIpc) is 2.63. The van der Waals surface area contributed by atoms with Crippen molar-refractivity contribution < 1.29 is 4.39 Å². The highest BCUT2D eigenvalue weighted by atomic mass is 19.1. The van der Waals surface area contributed by atoms with Crippen LogP contribution in [0.4, 0.5) is 10.3 Å². The monoisotopic (exact) mass is 343 g/mol. The van der Waals surface area contributed by atoms with E-state index in [1.54, 1.807) is 13.0 Å². The predicted octanol–water partition coefficient (Wildman–Crippen LogP) is 2.53. The lowest BCUT2D eigenvalue weighted by Gasteiger charge is -2.32. The number of hydrogen-bond acceptors (Lipinski definition) is 5. The highest BCUT2D eigenvalue weighted by Crippen LogP contribution is 2.17. The quantitative estimate of drug-likeness (QED) is 0.904. The van der Waals surface area contributed by atoms with Crippen molar-refractivity contribution in [1.29, 1.82) is 0 Å². The number of likely N-dealkylation sites (N-methyl/N-ethyl adjacent to an activating group) is 1. The summed E-state index contributed by atoms with van der Waals surface area (Å²) in [6.07, 6.45) is 3.74. The summed E-state index contributed by atoms with van der Waals surface area (Å²) >= 11 is 0. The number of nitrogens with one attached hydrogen (secondary N) is 1. The average molecular weight is 343 g/mol. The maximum absolute atomic E-state index is 13.7. The molecule has 0 unspecified atom stereocenters. The molecule has 1 aromatic carbocycles. The van der Waals surface area contributed by atoms with E-state index in [0.29, 0.717) is 12.1 Å². The highest BCUT2D eigenvalue weighted by Gasteiger charge is 2.16. The molecule has 1 saturated heterocycles. The lowest BCUT2D eigenvalue weighted by atomic mass is 10.1. The van der Waals surface area contributed by atoms with E-state index in [1.165, 1.54) is 0 Å². The van der Waals surface area contributed by atoms with Crippen molar-refractivity contribution in [1.82, 2.24) is 20.2 Å². The lowest BCUT2D eigenvalue weighted by Crippen LogP contribution is -2.45. The second kappa shape index (κ2) is 7.89. The molecule has 1 fully saturated rings. The normalized spacial score (nSPS) is 16.9.